The van der Waals surface area contributed by atoms with Gasteiger partial charge in [0, 0.05) is 36.5 Å². The molecule has 220 valence electrons. The van der Waals surface area contributed by atoms with Crippen molar-refractivity contribution in [1.29, 1.82) is 0 Å². The Morgan fingerprint density at radius 3 is 2.26 bits per heavy atom. The minimum Gasteiger partial charge on any atom is -0.482 e. The molecule has 2 aromatic carbocycles. The predicted molar refractivity (Wildman–Crippen MR) is 152 cm³/mol. The van der Waals surface area contributed by atoms with Crippen molar-refractivity contribution in [2.75, 3.05) is 5.01 Å². The number of nitrogens with one attached hydrogen (secondary N) is 1. The Hall–Kier alpha value is -4.80. The average Bonchev–Trinajstić information content (AvgIpc) is 2.96. The molecule has 1 aliphatic rings. The zero-order chi connectivity index (χ0) is 30.7. The fourth-order valence-electron chi connectivity index (χ4n) is 4.87. The van der Waals surface area contributed by atoms with Gasteiger partial charge in [-0.2, -0.15) is 0 Å². The van der Waals surface area contributed by atoms with Crippen LogP contribution in [0.2, 0.25) is 0 Å². The van der Waals surface area contributed by atoms with Gasteiger partial charge in [-0.3, -0.25) is 24.1 Å². The normalized spacial score (nSPS) is 16.0. The summed E-state index contributed by atoms with van der Waals surface area (Å²) >= 11 is 0. The molecule has 1 aromatic heterocycles. The third-order valence-electron chi connectivity index (χ3n) is 7.16. The summed E-state index contributed by atoms with van der Waals surface area (Å²) < 4.78 is 49.1. The minimum atomic E-state index is -1.19. The van der Waals surface area contributed by atoms with Crippen LogP contribution >= 0.6 is 0 Å². The van der Waals surface area contributed by atoms with E-state index in [9.17, 15) is 27.6 Å². The first kappa shape index (κ1) is 30.2. The van der Waals surface area contributed by atoms with Gasteiger partial charge in [-0.25, -0.2) is 13.2 Å². The molecule has 0 radical (unpaired) electrons. The van der Waals surface area contributed by atoms with E-state index in [1.54, 1.807) is 55.3 Å². The Morgan fingerprint density at radius 2 is 1.67 bits per heavy atom. The van der Waals surface area contributed by atoms with Crippen molar-refractivity contribution in [2.45, 2.75) is 52.2 Å². The van der Waals surface area contributed by atoms with Gasteiger partial charge in [-0.15, -0.1) is 13.2 Å². The van der Waals surface area contributed by atoms with Crippen molar-refractivity contribution >= 4 is 11.8 Å². The minimum absolute atomic E-state index is 0.0863. The van der Waals surface area contributed by atoms with Crippen LogP contribution in [0.1, 0.15) is 52.7 Å². The number of fused-ring (bicyclic) bond motifs is 1. The van der Waals surface area contributed by atoms with Crippen molar-refractivity contribution < 1.29 is 27.5 Å². The first-order valence-electron chi connectivity index (χ1n) is 13.2. The van der Waals surface area contributed by atoms with Crippen molar-refractivity contribution in [1.82, 2.24) is 14.9 Å². The van der Waals surface area contributed by atoms with Gasteiger partial charge in [0.25, 0.3) is 11.8 Å². The number of pyridine rings is 1. The number of hydrogen-bond acceptors (Lipinski definition) is 5. The molecular weight excluding hydrogens is 549 g/mol. The summed E-state index contributed by atoms with van der Waals surface area (Å²) in [6.45, 7) is 12.3. The van der Waals surface area contributed by atoms with E-state index in [0.29, 0.717) is 17.7 Å². The van der Waals surface area contributed by atoms with Crippen LogP contribution < -0.4 is 20.5 Å². The molecule has 1 aliphatic heterocycles. The van der Waals surface area contributed by atoms with E-state index in [1.165, 1.54) is 15.8 Å². The van der Waals surface area contributed by atoms with E-state index in [1.807, 2.05) is 13.0 Å². The zero-order valence-electron chi connectivity index (χ0n) is 23.4. The Kier molecular flexibility index (Phi) is 8.89. The van der Waals surface area contributed by atoms with Crippen molar-refractivity contribution in [3.63, 3.8) is 0 Å². The number of nitrogens with zero attached hydrogens (tertiary/aromatic N) is 3. The molecule has 3 atom stereocenters. The summed E-state index contributed by atoms with van der Waals surface area (Å²) in [5.41, 5.74) is -1.31. The Morgan fingerprint density at radius 1 is 1.05 bits per heavy atom. The Bertz CT molecular complexity index is 1570. The monoisotopic (exact) mass is 580 g/mol. The lowest BCUT2D eigenvalue weighted by Gasteiger charge is -2.49. The van der Waals surface area contributed by atoms with Crippen LogP contribution in [0, 0.1) is 17.5 Å². The summed E-state index contributed by atoms with van der Waals surface area (Å²) in [5.74, 6) is -5.36. The molecule has 1 N–H and O–H groups in total. The van der Waals surface area contributed by atoms with E-state index >= 15 is 0 Å². The fourth-order valence-corrected chi connectivity index (χ4v) is 4.87. The third-order valence-corrected chi connectivity index (χ3v) is 7.16. The molecule has 2 heterocycles. The third kappa shape index (κ3) is 5.67. The second-order valence-corrected chi connectivity index (χ2v) is 9.88. The molecular formula is C31H31F3N4O4. The smallest absolute Gasteiger partial charge is 0.278 e. The highest BCUT2D eigenvalue weighted by molar-refractivity contribution is 6.00. The summed E-state index contributed by atoms with van der Waals surface area (Å²) in [6, 6.07) is 9.08. The molecule has 2 amide bonds. The van der Waals surface area contributed by atoms with Gasteiger partial charge in [0.15, 0.2) is 11.4 Å². The molecule has 0 aliphatic carbocycles. The van der Waals surface area contributed by atoms with Crippen LogP contribution in [0.4, 0.5) is 13.2 Å². The number of carbonyl (C=O) groups excluding carboxylic acids is 2. The molecule has 4 rings (SSSR count). The van der Waals surface area contributed by atoms with Crippen LogP contribution in [0.3, 0.4) is 0 Å². The highest BCUT2D eigenvalue weighted by Gasteiger charge is 2.42. The number of hydrogen-bond donors (Lipinski definition) is 1. The first-order valence-corrected chi connectivity index (χ1v) is 13.2. The van der Waals surface area contributed by atoms with Crippen LogP contribution in [0.15, 0.2) is 78.8 Å². The Balaban J connectivity index is 1.86. The number of benzene rings is 2. The lowest BCUT2D eigenvalue weighted by atomic mass is 10.1. The maximum Gasteiger partial charge on any atom is 0.278 e. The van der Waals surface area contributed by atoms with E-state index in [-0.39, 0.29) is 18.1 Å². The van der Waals surface area contributed by atoms with Crippen LogP contribution in [-0.4, -0.2) is 39.6 Å². The van der Waals surface area contributed by atoms with E-state index in [4.69, 9.17) is 4.74 Å². The zero-order valence-corrected chi connectivity index (χ0v) is 23.4. The number of amides is 2. The Labute approximate surface area is 241 Å². The molecule has 1 unspecified atom stereocenters. The second kappa shape index (κ2) is 12.4. The van der Waals surface area contributed by atoms with Gasteiger partial charge < -0.3 is 15.0 Å². The quantitative estimate of drug-likeness (QED) is 0.353. The molecule has 0 saturated carbocycles. The summed E-state index contributed by atoms with van der Waals surface area (Å²) in [7, 11) is 0. The lowest BCUT2D eigenvalue weighted by Crippen LogP contribution is -2.64. The topological polar surface area (TPSA) is 83.9 Å². The van der Waals surface area contributed by atoms with E-state index in [2.05, 4.69) is 18.5 Å². The van der Waals surface area contributed by atoms with Gasteiger partial charge in [0.2, 0.25) is 5.43 Å². The number of aromatic nitrogens is 1. The largest absolute Gasteiger partial charge is 0.482 e. The van der Waals surface area contributed by atoms with Gasteiger partial charge in [0.1, 0.15) is 35.8 Å². The van der Waals surface area contributed by atoms with Crippen molar-refractivity contribution in [3.05, 3.63) is 124 Å². The predicted octanol–water partition coefficient (Wildman–Crippen LogP) is 4.66. The van der Waals surface area contributed by atoms with Gasteiger partial charge in [-0.1, -0.05) is 42.5 Å². The lowest BCUT2D eigenvalue weighted by molar-refractivity contribution is 0.0525. The van der Waals surface area contributed by atoms with Gasteiger partial charge in [-0.05, 0) is 26.3 Å². The molecule has 0 saturated heterocycles. The number of carbonyl (C=O) groups is 2. The van der Waals surface area contributed by atoms with Gasteiger partial charge in [0.05, 0.1) is 6.04 Å². The second-order valence-electron chi connectivity index (χ2n) is 9.88. The SMILES string of the molecule is C=C[C@@H](C)N1C(C)N([C@@H](C)C=C)C(=O)c2c(OCc3ccccc3)c(=O)c(C(=O)NCc3c(F)cc(F)cc3F)cn21. The van der Waals surface area contributed by atoms with E-state index < -0.39 is 70.6 Å². The van der Waals surface area contributed by atoms with Crippen LogP contribution in [-0.2, 0) is 13.2 Å². The molecule has 0 bridgehead atoms. The fraction of sp³-hybridized carbons (Fsp3) is 0.258. The van der Waals surface area contributed by atoms with Crippen LogP contribution in [0.5, 0.6) is 5.75 Å². The number of rotatable bonds is 10. The molecule has 0 spiro atoms. The maximum absolute atomic E-state index is 14.2. The average molecular weight is 581 g/mol. The molecule has 3 aromatic rings. The number of ether oxygens (including phenoxy) is 1. The summed E-state index contributed by atoms with van der Waals surface area (Å²) in [5, 5.41) is 4.07. The van der Waals surface area contributed by atoms with E-state index in [0.717, 1.165) is 0 Å². The van der Waals surface area contributed by atoms with Crippen molar-refractivity contribution in [3.8, 4) is 5.75 Å². The summed E-state index contributed by atoms with van der Waals surface area (Å²) in [6.07, 6.45) is 3.85. The highest BCUT2D eigenvalue weighted by Crippen LogP contribution is 2.29. The van der Waals surface area contributed by atoms with Crippen molar-refractivity contribution in [2.24, 2.45) is 0 Å². The maximum atomic E-state index is 14.2. The van der Waals surface area contributed by atoms with Gasteiger partial charge >= 0.3 is 0 Å². The highest BCUT2D eigenvalue weighted by atomic mass is 19.1. The molecule has 0 fully saturated rings. The summed E-state index contributed by atoms with van der Waals surface area (Å²) in [4.78, 5) is 42.6. The first-order chi connectivity index (χ1) is 20.0. The number of halogens is 3. The molecule has 11 heteroatoms. The standard InChI is InChI=1S/C31H31F3N4O4/c1-6-18(3)37-20(5)38(19(4)7-2)36-16-24(30(40)35-15-23-25(33)13-22(32)14-26(23)34)28(39)29(27(36)31(37)41)42-17-21-11-9-8-10-12-21/h6-14,16,18-20H,1-2,15,17H2,3-5H3,(H,35,40)/t18-,19+,20?/m0/s1. The van der Waals surface area contributed by atoms with Crippen LogP contribution in [0.25, 0.3) is 0 Å². The molecule has 42 heavy (non-hydrogen) atoms. The molecule has 8 nitrogen and oxygen atoms in total.